The van der Waals surface area contributed by atoms with Crippen LogP contribution >= 0.6 is 23.4 Å². The summed E-state index contributed by atoms with van der Waals surface area (Å²) in [7, 11) is 0. The van der Waals surface area contributed by atoms with Gasteiger partial charge in [-0.15, -0.1) is 11.6 Å². The molecule has 0 aliphatic carbocycles. The first kappa shape index (κ1) is 15.4. The van der Waals surface area contributed by atoms with Crippen LogP contribution in [0.25, 0.3) is 0 Å². The summed E-state index contributed by atoms with van der Waals surface area (Å²) < 4.78 is 66.6. The highest BCUT2D eigenvalue weighted by Gasteiger charge is 2.27. The van der Waals surface area contributed by atoms with E-state index in [1.807, 2.05) is 0 Å². The molecule has 0 spiro atoms. The molecule has 0 heterocycles. The first-order valence-electron chi connectivity index (χ1n) is 4.71. The number of benzene rings is 1. The lowest BCUT2D eigenvalue weighted by atomic mass is 10.2. The normalized spacial score (nSPS) is 11.7. The molecule has 0 aliphatic rings. The van der Waals surface area contributed by atoms with Gasteiger partial charge in [-0.3, -0.25) is 0 Å². The maximum absolute atomic E-state index is 13.3. The molecule has 102 valence electrons. The third kappa shape index (κ3) is 4.89. The van der Waals surface area contributed by atoms with Crippen LogP contribution in [0.15, 0.2) is 12.1 Å². The molecule has 0 saturated heterocycles. The second-order valence-corrected chi connectivity index (χ2v) is 4.59. The fraction of sp³-hybridized carbons (Fsp3) is 0.400. The molecular formula is C10H8ClF5OS. The molecule has 0 unspecified atom stereocenters. The van der Waals surface area contributed by atoms with Gasteiger partial charge in [0.05, 0.1) is 6.61 Å². The van der Waals surface area contributed by atoms with E-state index in [1.54, 1.807) is 0 Å². The van der Waals surface area contributed by atoms with Gasteiger partial charge in [0.25, 0.3) is 0 Å². The second kappa shape index (κ2) is 6.47. The van der Waals surface area contributed by atoms with Crippen LogP contribution in [-0.4, -0.2) is 17.9 Å². The molecule has 0 atom stereocenters. The van der Waals surface area contributed by atoms with Crippen molar-refractivity contribution in [1.29, 1.82) is 0 Å². The van der Waals surface area contributed by atoms with E-state index in [0.717, 1.165) is 12.1 Å². The minimum absolute atomic E-state index is 0.0714. The number of hydrogen-bond donors (Lipinski definition) is 0. The molecular weight excluding hydrogens is 299 g/mol. The van der Waals surface area contributed by atoms with Gasteiger partial charge in [0, 0.05) is 11.6 Å². The van der Waals surface area contributed by atoms with Crippen LogP contribution < -0.4 is 4.74 Å². The predicted octanol–water partition coefficient (Wildman–Crippen LogP) is 4.34. The zero-order valence-electron chi connectivity index (χ0n) is 8.86. The summed E-state index contributed by atoms with van der Waals surface area (Å²) in [6.45, 7) is -0.446. The minimum Gasteiger partial charge on any atom is -0.487 e. The van der Waals surface area contributed by atoms with E-state index in [2.05, 4.69) is 4.74 Å². The van der Waals surface area contributed by atoms with Gasteiger partial charge in [-0.25, -0.2) is 8.78 Å². The van der Waals surface area contributed by atoms with Crippen LogP contribution in [0.3, 0.4) is 0 Å². The van der Waals surface area contributed by atoms with Gasteiger partial charge < -0.3 is 4.74 Å². The Hall–Kier alpha value is -0.690. The standard InChI is InChI=1S/C10H8ClF5OS/c11-5-6-3-7(12)9(8(13)4-6)17-1-2-18-10(14,15)16/h3-4H,1-2,5H2. The Morgan fingerprint density at radius 2 is 1.72 bits per heavy atom. The number of rotatable bonds is 5. The summed E-state index contributed by atoms with van der Waals surface area (Å²) in [4.78, 5) is 0. The summed E-state index contributed by atoms with van der Waals surface area (Å²) >= 11 is 5.08. The van der Waals surface area contributed by atoms with Crippen molar-refractivity contribution in [1.82, 2.24) is 0 Å². The maximum Gasteiger partial charge on any atom is 0.441 e. The number of ether oxygens (including phenoxy) is 1. The lowest BCUT2D eigenvalue weighted by Crippen LogP contribution is -2.09. The Morgan fingerprint density at radius 1 is 1.17 bits per heavy atom. The van der Waals surface area contributed by atoms with Crippen molar-refractivity contribution in [3.05, 3.63) is 29.3 Å². The average molecular weight is 307 g/mol. The fourth-order valence-corrected chi connectivity index (χ4v) is 1.68. The monoisotopic (exact) mass is 306 g/mol. The smallest absolute Gasteiger partial charge is 0.441 e. The summed E-state index contributed by atoms with van der Waals surface area (Å²) in [5.74, 6) is -3.17. The molecule has 0 amide bonds. The molecule has 0 aliphatic heterocycles. The van der Waals surface area contributed by atoms with E-state index in [9.17, 15) is 22.0 Å². The van der Waals surface area contributed by atoms with E-state index in [0.29, 0.717) is 0 Å². The topological polar surface area (TPSA) is 9.23 Å². The summed E-state index contributed by atoms with van der Waals surface area (Å²) in [6.07, 6.45) is 0. The molecule has 0 aromatic heterocycles. The molecule has 0 N–H and O–H groups in total. The largest absolute Gasteiger partial charge is 0.487 e. The molecule has 0 fully saturated rings. The second-order valence-electron chi connectivity index (χ2n) is 3.16. The van der Waals surface area contributed by atoms with Crippen LogP contribution in [0.4, 0.5) is 22.0 Å². The van der Waals surface area contributed by atoms with E-state index in [-0.39, 0.29) is 23.2 Å². The Morgan fingerprint density at radius 3 is 2.17 bits per heavy atom. The van der Waals surface area contributed by atoms with Crippen LogP contribution in [0.1, 0.15) is 5.56 Å². The van der Waals surface area contributed by atoms with Crippen molar-refractivity contribution < 1.29 is 26.7 Å². The van der Waals surface area contributed by atoms with Crippen LogP contribution in [-0.2, 0) is 5.88 Å². The molecule has 0 radical (unpaired) electrons. The summed E-state index contributed by atoms with van der Waals surface area (Å²) in [6, 6.07) is 1.95. The molecule has 8 heteroatoms. The molecule has 1 aromatic rings. The van der Waals surface area contributed by atoms with Crippen molar-refractivity contribution in [3.63, 3.8) is 0 Å². The molecule has 0 bridgehead atoms. The first-order valence-corrected chi connectivity index (χ1v) is 6.23. The van der Waals surface area contributed by atoms with Gasteiger partial charge in [0.2, 0.25) is 0 Å². The van der Waals surface area contributed by atoms with Gasteiger partial charge >= 0.3 is 5.51 Å². The van der Waals surface area contributed by atoms with Crippen LogP contribution in [0.5, 0.6) is 5.75 Å². The van der Waals surface area contributed by atoms with Gasteiger partial charge in [0.15, 0.2) is 17.4 Å². The van der Waals surface area contributed by atoms with Crippen LogP contribution in [0, 0.1) is 11.6 Å². The summed E-state index contributed by atoms with van der Waals surface area (Å²) in [5.41, 5.74) is -4.16. The molecule has 1 rings (SSSR count). The molecule has 1 aromatic carbocycles. The Bertz CT molecular complexity index is 387. The van der Waals surface area contributed by atoms with Gasteiger partial charge in [-0.1, -0.05) is 0 Å². The lowest BCUT2D eigenvalue weighted by molar-refractivity contribution is -0.0329. The van der Waals surface area contributed by atoms with Gasteiger partial charge in [0.1, 0.15) is 0 Å². The summed E-state index contributed by atoms with van der Waals surface area (Å²) in [5, 5.41) is 0. The Labute approximate surface area is 109 Å². The SMILES string of the molecule is Fc1cc(CCl)cc(F)c1OCCSC(F)(F)F. The van der Waals surface area contributed by atoms with Crippen molar-refractivity contribution in [2.24, 2.45) is 0 Å². The highest BCUT2D eigenvalue weighted by atomic mass is 35.5. The van der Waals surface area contributed by atoms with E-state index < -0.39 is 35.3 Å². The Kier molecular flexibility index (Phi) is 5.52. The van der Waals surface area contributed by atoms with Crippen molar-refractivity contribution in [2.45, 2.75) is 11.4 Å². The molecule has 1 nitrogen and oxygen atoms in total. The van der Waals surface area contributed by atoms with E-state index in [4.69, 9.17) is 11.6 Å². The fourth-order valence-electron chi connectivity index (χ4n) is 1.13. The molecule has 18 heavy (non-hydrogen) atoms. The lowest BCUT2D eigenvalue weighted by Gasteiger charge is -2.10. The Balaban J connectivity index is 2.57. The number of halogens is 6. The molecule has 0 saturated carbocycles. The minimum atomic E-state index is -4.39. The average Bonchev–Trinajstić information content (AvgIpc) is 2.25. The quantitative estimate of drug-likeness (QED) is 0.455. The zero-order valence-corrected chi connectivity index (χ0v) is 10.4. The first-order chi connectivity index (χ1) is 8.33. The van der Waals surface area contributed by atoms with E-state index >= 15 is 0 Å². The highest BCUT2D eigenvalue weighted by molar-refractivity contribution is 8.00. The predicted molar refractivity (Wildman–Crippen MR) is 59.9 cm³/mol. The maximum atomic E-state index is 13.3. The van der Waals surface area contributed by atoms with Gasteiger partial charge in [-0.05, 0) is 29.5 Å². The van der Waals surface area contributed by atoms with E-state index in [1.165, 1.54) is 0 Å². The third-order valence-corrected chi connectivity index (χ3v) is 2.81. The number of hydrogen-bond acceptors (Lipinski definition) is 2. The third-order valence-electron chi connectivity index (χ3n) is 1.81. The van der Waals surface area contributed by atoms with Crippen molar-refractivity contribution in [3.8, 4) is 5.75 Å². The zero-order chi connectivity index (χ0) is 13.8. The van der Waals surface area contributed by atoms with Crippen LogP contribution in [0.2, 0.25) is 0 Å². The number of alkyl halides is 4. The van der Waals surface area contributed by atoms with Gasteiger partial charge in [-0.2, -0.15) is 13.2 Å². The van der Waals surface area contributed by atoms with Crippen molar-refractivity contribution >= 4 is 23.4 Å². The number of thioether (sulfide) groups is 1. The highest BCUT2D eigenvalue weighted by Crippen LogP contribution is 2.30. The van der Waals surface area contributed by atoms with Crippen molar-refractivity contribution in [2.75, 3.05) is 12.4 Å².